The monoisotopic (exact) mass is 451 g/mol. The second-order valence-corrected chi connectivity index (χ2v) is 9.16. The molecule has 8 nitrogen and oxygen atoms in total. The van der Waals surface area contributed by atoms with Gasteiger partial charge in [0, 0.05) is 31.9 Å². The van der Waals surface area contributed by atoms with E-state index in [9.17, 15) is 18.0 Å². The third kappa shape index (κ3) is 4.75. The highest BCUT2D eigenvalue weighted by atomic mass is 35.5. The number of piperazine rings is 1. The molecule has 1 amide bonds. The molecule has 3 rings (SSSR count). The summed E-state index contributed by atoms with van der Waals surface area (Å²) in [6, 6.07) is 13.6. The van der Waals surface area contributed by atoms with Crippen molar-refractivity contribution in [3.8, 4) is 0 Å². The van der Waals surface area contributed by atoms with Crippen molar-refractivity contribution in [3.05, 3.63) is 59.1 Å². The standard InChI is InChI=1S/C20H22ClN3O5S/c1-14(19(22)25)29-20(26)17-13-16(7-8-18(17)21)30(27,28)24-11-9-23(10-12-24)15-5-3-2-4-6-15/h2-8,13-14H,9-12H2,1H3,(H2,22,25)/t14-/m1/s1. The van der Waals surface area contributed by atoms with Crippen LogP contribution >= 0.6 is 11.6 Å². The van der Waals surface area contributed by atoms with Gasteiger partial charge in [0.1, 0.15) is 0 Å². The minimum atomic E-state index is -3.84. The van der Waals surface area contributed by atoms with Crippen molar-refractivity contribution in [3.63, 3.8) is 0 Å². The van der Waals surface area contributed by atoms with Gasteiger partial charge < -0.3 is 15.4 Å². The summed E-state index contributed by atoms with van der Waals surface area (Å²) < 4.78 is 32.5. The Morgan fingerprint density at radius 2 is 1.70 bits per heavy atom. The molecule has 10 heteroatoms. The Morgan fingerprint density at radius 1 is 1.07 bits per heavy atom. The van der Waals surface area contributed by atoms with Crippen molar-refractivity contribution in [2.24, 2.45) is 5.73 Å². The number of hydrogen-bond donors (Lipinski definition) is 1. The van der Waals surface area contributed by atoms with Crippen LogP contribution in [0.3, 0.4) is 0 Å². The van der Waals surface area contributed by atoms with Gasteiger partial charge in [0.25, 0.3) is 5.91 Å². The van der Waals surface area contributed by atoms with E-state index in [1.807, 2.05) is 30.3 Å². The smallest absolute Gasteiger partial charge is 0.340 e. The van der Waals surface area contributed by atoms with Crippen LogP contribution in [-0.2, 0) is 19.6 Å². The number of halogens is 1. The van der Waals surface area contributed by atoms with Crippen molar-refractivity contribution < 1.29 is 22.7 Å². The van der Waals surface area contributed by atoms with E-state index in [0.717, 1.165) is 11.8 Å². The van der Waals surface area contributed by atoms with Gasteiger partial charge >= 0.3 is 5.97 Å². The van der Waals surface area contributed by atoms with Crippen LogP contribution in [0.5, 0.6) is 0 Å². The summed E-state index contributed by atoms with van der Waals surface area (Å²) in [5.41, 5.74) is 5.99. The highest BCUT2D eigenvalue weighted by Crippen LogP contribution is 2.25. The van der Waals surface area contributed by atoms with Gasteiger partial charge in [0.15, 0.2) is 6.10 Å². The van der Waals surface area contributed by atoms with E-state index in [1.165, 1.54) is 23.4 Å². The van der Waals surface area contributed by atoms with Crippen molar-refractivity contribution in [2.75, 3.05) is 31.1 Å². The minimum Gasteiger partial charge on any atom is -0.449 e. The third-order valence-corrected chi connectivity index (χ3v) is 7.06. The van der Waals surface area contributed by atoms with Crippen molar-refractivity contribution in [2.45, 2.75) is 17.9 Å². The molecule has 0 aliphatic carbocycles. The quantitative estimate of drug-likeness (QED) is 0.671. The van der Waals surface area contributed by atoms with Crippen LogP contribution in [0.25, 0.3) is 0 Å². The first-order valence-electron chi connectivity index (χ1n) is 9.30. The molecule has 1 fully saturated rings. The minimum absolute atomic E-state index is 0.0181. The Labute approximate surface area is 180 Å². The van der Waals surface area contributed by atoms with E-state index in [4.69, 9.17) is 22.1 Å². The molecule has 30 heavy (non-hydrogen) atoms. The number of ether oxygens (including phenoxy) is 1. The first-order valence-corrected chi connectivity index (χ1v) is 11.1. The highest BCUT2D eigenvalue weighted by molar-refractivity contribution is 7.89. The number of para-hydroxylation sites is 1. The second-order valence-electron chi connectivity index (χ2n) is 6.82. The van der Waals surface area contributed by atoms with Crippen LogP contribution < -0.4 is 10.6 Å². The predicted octanol–water partition coefficient (Wildman–Crippen LogP) is 1.88. The van der Waals surface area contributed by atoms with Gasteiger partial charge in [-0.1, -0.05) is 29.8 Å². The molecule has 0 saturated carbocycles. The number of carbonyl (C=O) groups excluding carboxylic acids is 2. The van der Waals surface area contributed by atoms with Crippen molar-refractivity contribution in [1.82, 2.24) is 4.31 Å². The normalized spacial score (nSPS) is 16.1. The Kier molecular flexibility index (Phi) is 6.64. The number of sulfonamides is 1. The molecule has 1 aliphatic rings. The summed E-state index contributed by atoms with van der Waals surface area (Å²) in [6.07, 6.45) is -1.17. The summed E-state index contributed by atoms with van der Waals surface area (Å²) in [5.74, 6) is -1.74. The number of hydrogen-bond acceptors (Lipinski definition) is 6. The lowest BCUT2D eigenvalue weighted by atomic mass is 10.2. The van der Waals surface area contributed by atoms with E-state index >= 15 is 0 Å². The van der Waals surface area contributed by atoms with E-state index in [0.29, 0.717) is 26.2 Å². The lowest BCUT2D eigenvalue weighted by Crippen LogP contribution is -2.48. The van der Waals surface area contributed by atoms with Gasteiger partial charge in [-0.15, -0.1) is 0 Å². The number of rotatable bonds is 6. The largest absolute Gasteiger partial charge is 0.449 e. The number of nitrogens with zero attached hydrogens (tertiary/aromatic N) is 2. The van der Waals surface area contributed by atoms with E-state index in [-0.39, 0.29) is 15.5 Å². The van der Waals surface area contributed by atoms with Crippen LogP contribution in [0.2, 0.25) is 5.02 Å². The summed E-state index contributed by atoms with van der Waals surface area (Å²) >= 11 is 6.04. The third-order valence-electron chi connectivity index (χ3n) is 4.84. The fraction of sp³-hybridized carbons (Fsp3) is 0.300. The molecule has 1 saturated heterocycles. The van der Waals surface area contributed by atoms with Gasteiger partial charge in [-0.05, 0) is 37.3 Å². The van der Waals surface area contributed by atoms with Gasteiger partial charge in [0.2, 0.25) is 10.0 Å². The lowest BCUT2D eigenvalue weighted by molar-refractivity contribution is -0.125. The highest BCUT2D eigenvalue weighted by Gasteiger charge is 2.30. The Morgan fingerprint density at radius 3 is 2.30 bits per heavy atom. The second kappa shape index (κ2) is 9.03. The average molecular weight is 452 g/mol. The molecule has 0 radical (unpaired) electrons. The van der Waals surface area contributed by atoms with E-state index < -0.39 is 28.0 Å². The number of carbonyl (C=O) groups is 2. The van der Waals surface area contributed by atoms with Gasteiger partial charge in [-0.25, -0.2) is 13.2 Å². The molecular formula is C20H22ClN3O5S. The maximum Gasteiger partial charge on any atom is 0.340 e. The van der Waals surface area contributed by atoms with E-state index in [2.05, 4.69) is 4.90 Å². The number of primary amides is 1. The SMILES string of the molecule is C[C@@H](OC(=O)c1cc(S(=O)(=O)N2CCN(c3ccccc3)CC2)ccc1Cl)C(N)=O. The molecule has 1 atom stereocenters. The molecule has 0 aromatic heterocycles. The molecule has 160 valence electrons. The van der Waals surface area contributed by atoms with Gasteiger partial charge in [-0.3, -0.25) is 4.79 Å². The summed E-state index contributed by atoms with van der Waals surface area (Å²) in [7, 11) is -3.84. The van der Waals surface area contributed by atoms with Gasteiger partial charge in [0.05, 0.1) is 15.5 Å². The van der Waals surface area contributed by atoms with Crippen LogP contribution in [0, 0.1) is 0 Å². The number of nitrogens with two attached hydrogens (primary N) is 1. The molecular weight excluding hydrogens is 430 g/mol. The number of esters is 1. The Bertz CT molecular complexity index is 1040. The zero-order valence-corrected chi connectivity index (χ0v) is 17.9. The summed E-state index contributed by atoms with van der Waals surface area (Å²) in [5, 5.41) is 0.0181. The Balaban J connectivity index is 1.76. The zero-order chi connectivity index (χ0) is 21.9. The number of amides is 1. The van der Waals surface area contributed by atoms with Crippen LogP contribution in [0.15, 0.2) is 53.4 Å². The van der Waals surface area contributed by atoms with Crippen LogP contribution in [-0.4, -0.2) is 56.9 Å². The molecule has 1 aliphatic heterocycles. The van der Waals surface area contributed by atoms with Crippen LogP contribution in [0.4, 0.5) is 5.69 Å². The molecule has 2 N–H and O–H groups in total. The first-order chi connectivity index (χ1) is 14.2. The average Bonchev–Trinajstić information content (AvgIpc) is 2.74. The maximum absolute atomic E-state index is 13.1. The molecule has 0 spiro atoms. The molecule has 2 aromatic carbocycles. The lowest BCUT2D eigenvalue weighted by Gasteiger charge is -2.35. The van der Waals surface area contributed by atoms with Crippen molar-refractivity contribution in [1.29, 1.82) is 0 Å². The fourth-order valence-corrected chi connectivity index (χ4v) is 4.72. The van der Waals surface area contributed by atoms with E-state index in [1.54, 1.807) is 0 Å². The zero-order valence-electron chi connectivity index (χ0n) is 16.3. The molecule has 0 unspecified atom stereocenters. The maximum atomic E-state index is 13.1. The fourth-order valence-electron chi connectivity index (χ4n) is 3.08. The summed E-state index contributed by atoms with van der Waals surface area (Å²) in [6.45, 7) is 3.02. The summed E-state index contributed by atoms with van der Waals surface area (Å²) in [4.78, 5) is 25.5. The van der Waals surface area contributed by atoms with Crippen LogP contribution in [0.1, 0.15) is 17.3 Å². The topological polar surface area (TPSA) is 110 Å². The predicted molar refractivity (Wildman–Crippen MR) is 113 cm³/mol. The molecule has 0 bridgehead atoms. The van der Waals surface area contributed by atoms with Crippen molar-refractivity contribution >= 4 is 39.2 Å². The first kappa shape index (κ1) is 22.1. The number of anilines is 1. The molecule has 2 aromatic rings. The molecule has 1 heterocycles. The Hall–Kier alpha value is -2.62. The number of benzene rings is 2. The van der Waals surface area contributed by atoms with Gasteiger partial charge in [-0.2, -0.15) is 4.31 Å².